The Hall–Kier alpha value is -3.01. The number of nitrogens with one attached hydrogen (secondary N) is 2. The van der Waals surface area contributed by atoms with Gasteiger partial charge in [0.15, 0.2) is 0 Å². The number of sulfonamides is 1. The molecule has 0 saturated carbocycles. The van der Waals surface area contributed by atoms with Crippen LogP contribution in [0.1, 0.15) is 30.7 Å². The molecule has 34 heavy (non-hydrogen) atoms. The maximum Gasteiger partial charge on any atom is 0.240 e. The van der Waals surface area contributed by atoms with Gasteiger partial charge in [-0.25, -0.2) is 18.1 Å². The van der Waals surface area contributed by atoms with E-state index in [2.05, 4.69) is 24.9 Å². The summed E-state index contributed by atoms with van der Waals surface area (Å²) in [5.41, 5.74) is 2.47. The molecule has 8 nitrogen and oxygen atoms in total. The number of likely N-dealkylation sites (tertiary alicyclic amines) is 1. The average Bonchev–Trinajstić information content (AvgIpc) is 2.82. The lowest BCUT2D eigenvalue weighted by Gasteiger charge is -2.26. The standard InChI is InChI=1S/C25H31N5O3S/c1-19-6-11-24(20(2)28-19)33-22-12-13-26-25(18-22)29-21-7-9-23(10-8-21)34(31,32)27-14-17-30-15-4-3-5-16-30/h6-13,18,27H,3-5,14-17H2,1-2H3,(H,26,29). The second kappa shape index (κ2) is 10.9. The van der Waals surface area contributed by atoms with Crippen molar-refractivity contribution in [2.75, 3.05) is 31.5 Å². The molecule has 0 amide bonds. The summed E-state index contributed by atoms with van der Waals surface area (Å²) >= 11 is 0. The molecule has 1 fully saturated rings. The van der Waals surface area contributed by atoms with Gasteiger partial charge in [0, 0.05) is 36.7 Å². The van der Waals surface area contributed by atoms with E-state index in [1.807, 2.05) is 26.0 Å². The quantitative estimate of drug-likeness (QED) is 0.468. The number of hydrogen-bond acceptors (Lipinski definition) is 7. The Kier molecular flexibility index (Phi) is 7.77. The summed E-state index contributed by atoms with van der Waals surface area (Å²) in [6.45, 7) is 7.08. The molecule has 3 aromatic rings. The highest BCUT2D eigenvalue weighted by molar-refractivity contribution is 7.89. The van der Waals surface area contributed by atoms with Crippen LogP contribution in [0, 0.1) is 13.8 Å². The largest absolute Gasteiger partial charge is 0.455 e. The fourth-order valence-corrected chi connectivity index (χ4v) is 4.94. The Morgan fingerprint density at radius 1 is 1.00 bits per heavy atom. The number of benzene rings is 1. The Labute approximate surface area is 201 Å². The molecule has 2 N–H and O–H groups in total. The van der Waals surface area contributed by atoms with Crippen molar-refractivity contribution in [3.05, 3.63) is 66.1 Å². The molecular formula is C25H31N5O3S. The van der Waals surface area contributed by atoms with Crippen LogP contribution in [0.4, 0.5) is 11.5 Å². The summed E-state index contributed by atoms with van der Waals surface area (Å²) in [6, 6.07) is 14.0. The van der Waals surface area contributed by atoms with Gasteiger partial charge in [0.2, 0.25) is 10.0 Å². The number of rotatable bonds is 9. The summed E-state index contributed by atoms with van der Waals surface area (Å²) in [7, 11) is -3.55. The highest BCUT2D eigenvalue weighted by atomic mass is 32.2. The summed E-state index contributed by atoms with van der Waals surface area (Å²) in [4.78, 5) is 11.3. The number of piperidine rings is 1. The molecule has 180 valence electrons. The third-order valence-electron chi connectivity index (χ3n) is 5.74. The van der Waals surface area contributed by atoms with Gasteiger partial charge in [-0.3, -0.25) is 4.98 Å². The maximum atomic E-state index is 12.6. The van der Waals surface area contributed by atoms with Crippen molar-refractivity contribution in [1.29, 1.82) is 0 Å². The summed E-state index contributed by atoms with van der Waals surface area (Å²) < 4.78 is 33.9. The first-order valence-corrected chi connectivity index (χ1v) is 13.0. The maximum absolute atomic E-state index is 12.6. The lowest BCUT2D eigenvalue weighted by Crippen LogP contribution is -2.37. The number of ether oxygens (including phenoxy) is 1. The predicted octanol–water partition coefficient (Wildman–Crippen LogP) is 4.39. The lowest BCUT2D eigenvalue weighted by molar-refractivity contribution is 0.233. The van der Waals surface area contributed by atoms with Crippen molar-refractivity contribution >= 4 is 21.5 Å². The minimum Gasteiger partial charge on any atom is -0.455 e. The van der Waals surface area contributed by atoms with E-state index in [0.29, 0.717) is 23.9 Å². The molecule has 0 bridgehead atoms. The predicted molar refractivity (Wildman–Crippen MR) is 133 cm³/mol. The smallest absolute Gasteiger partial charge is 0.240 e. The van der Waals surface area contributed by atoms with Crippen molar-refractivity contribution < 1.29 is 13.2 Å². The van der Waals surface area contributed by atoms with E-state index in [-0.39, 0.29) is 4.90 Å². The van der Waals surface area contributed by atoms with Gasteiger partial charge in [-0.1, -0.05) is 6.42 Å². The van der Waals surface area contributed by atoms with Crippen LogP contribution in [0.2, 0.25) is 0 Å². The molecule has 1 saturated heterocycles. The van der Waals surface area contributed by atoms with Gasteiger partial charge in [0.1, 0.15) is 17.3 Å². The zero-order valence-corrected chi connectivity index (χ0v) is 20.4. The van der Waals surface area contributed by atoms with E-state index in [4.69, 9.17) is 4.74 Å². The Morgan fingerprint density at radius 3 is 2.50 bits per heavy atom. The highest BCUT2D eigenvalue weighted by Gasteiger charge is 2.15. The van der Waals surface area contributed by atoms with Gasteiger partial charge in [0.05, 0.1) is 10.6 Å². The van der Waals surface area contributed by atoms with E-state index < -0.39 is 10.0 Å². The summed E-state index contributed by atoms with van der Waals surface area (Å²) in [5, 5.41) is 3.19. The summed E-state index contributed by atoms with van der Waals surface area (Å²) in [5.74, 6) is 1.90. The number of hydrogen-bond donors (Lipinski definition) is 2. The third-order valence-corrected chi connectivity index (χ3v) is 7.22. The third kappa shape index (κ3) is 6.53. The van der Waals surface area contributed by atoms with Crippen LogP contribution in [0.25, 0.3) is 0 Å². The number of pyridine rings is 2. The zero-order chi connectivity index (χ0) is 24.0. The van der Waals surface area contributed by atoms with Gasteiger partial charge in [-0.2, -0.15) is 0 Å². The minimum absolute atomic E-state index is 0.240. The molecule has 0 radical (unpaired) electrons. The van der Waals surface area contributed by atoms with Crippen molar-refractivity contribution in [3.63, 3.8) is 0 Å². The zero-order valence-electron chi connectivity index (χ0n) is 19.6. The van der Waals surface area contributed by atoms with Crippen LogP contribution in [0.15, 0.2) is 59.6 Å². The molecular weight excluding hydrogens is 450 g/mol. The summed E-state index contributed by atoms with van der Waals surface area (Å²) in [6.07, 6.45) is 5.29. The minimum atomic E-state index is -3.55. The van der Waals surface area contributed by atoms with E-state index in [0.717, 1.165) is 36.7 Å². The molecule has 1 aromatic carbocycles. The van der Waals surface area contributed by atoms with E-state index in [1.54, 1.807) is 42.6 Å². The van der Waals surface area contributed by atoms with Crippen LogP contribution >= 0.6 is 0 Å². The number of nitrogens with zero attached hydrogens (tertiary/aromatic N) is 3. The Morgan fingerprint density at radius 2 is 1.76 bits per heavy atom. The second-order valence-electron chi connectivity index (χ2n) is 8.46. The Bertz CT molecular complexity index is 1210. The van der Waals surface area contributed by atoms with E-state index in [9.17, 15) is 8.42 Å². The fraction of sp³-hybridized carbons (Fsp3) is 0.360. The molecule has 4 rings (SSSR count). The van der Waals surface area contributed by atoms with Gasteiger partial charge in [-0.05, 0) is 82.2 Å². The molecule has 0 spiro atoms. The van der Waals surface area contributed by atoms with Gasteiger partial charge >= 0.3 is 0 Å². The molecule has 1 aliphatic rings. The molecule has 0 unspecified atom stereocenters. The van der Waals surface area contributed by atoms with Crippen LogP contribution in [0.3, 0.4) is 0 Å². The molecule has 3 heterocycles. The van der Waals surface area contributed by atoms with Crippen LogP contribution in [-0.2, 0) is 10.0 Å². The van der Waals surface area contributed by atoms with E-state index in [1.165, 1.54) is 19.3 Å². The van der Waals surface area contributed by atoms with Gasteiger partial charge < -0.3 is 15.0 Å². The van der Waals surface area contributed by atoms with Crippen LogP contribution < -0.4 is 14.8 Å². The van der Waals surface area contributed by atoms with Crippen molar-refractivity contribution in [3.8, 4) is 11.5 Å². The Balaban J connectivity index is 1.35. The van der Waals surface area contributed by atoms with Crippen LogP contribution in [-0.4, -0.2) is 49.5 Å². The SMILES string of the molecule is Cc1ccc(Oc2ccnc(Nc3ccc(S(=O)(=O)NCCN4CCCCC4)cc3)c2)c(C)n1. The number of aryl methyl sites for hydroxylation is 2. The first-order valence-electron chi connectivity index (χ1n) is 11.6. The average molecular weight is 482 g/mol. The van der Waals surface area contributed by atoms with Crippen molar-refractivity contribution in [1.82, 2.24) is 19.6 Å². The monoisotopic (exact) mass is 481 g/mol. The highest BCUT2D eigenvalue weighted by Crippen LogP contribution is 2.26. The molecule has 0 atom stereocenters. The topological polar surface area (TPSA) is 96.4 Å². The normalized spacial score (nSPS) is 14.6. The molecule has 0 aliphatic carbocycles. The number of aromatic nitrogens is 2. The molecule has 9 heteroatoms. The van der Waals surface area contributed by atoms with Crippen molar-refractivity contribution in [2.24, 2.45) is 0 Å². The van der Waals surface area contributed by atoms with Gasteiger partial charge in [-0.15, -0.1) is 0 Å². The fourth-order valence-electron chi connectivity index (χ4n) is 3.92. The van der Waals surface area contributed by atoms with Gasteiger partial charge in [0.25, 0.3) is 0 Å². The first-order chi connectivity index (χ1) is 16.4. The molecule has 1 aliphatic heterocycles. The first kappa shape index (κ1) is 24.1. The van der Waals surface area contributed by atoms with Crippen LogP contribution in [0.5, 0.6) is 11.5 Å². The molecule has 2 aromatic heterocycles. The van der Waals surface area contributed by atoms with E-state index >= 15 is 0 Å². The van der Waals surface area contributed by atoms with Crippen molar-refractivity contribution in [2.45, 2.75) is 38.0 Å². The number of anilines is 2. The lowest BCUT2D eigenvalue weighted by atomic mass is 10.1. The second-order valence-corrected chi connectivity index (χ2v) is 10.2.